The van der Waals surface area contributed by atoms with Gasteiger partial charge in [0.1, 0.15) is 5.92 Å². The molecule has 2 N–H and O–H groups in total. The molecule has 1 atom stereocenters. The summed E-state index contributed by atoms with van der Waals surface area (Å²) in [6.45, 7) is 0.509. The third kappa shape index (κ3) is 2.11. The molecule has 0 amide bonds. The van der Waals surface area contributed by atoms with Crippen molar-refractivity contribution in [2.45, 2.75) is 5.92 Å². The molecule has 1 unspecified atom stereocenters. The van der Waals surface area contributed by atoms with Gasteiger partial charge in [-0.25, -0.2) is 0 Å². The van der Waals surface area contributed by atoms with E-state index in [-0.39, 0.29) is 30.7 Å². The van der Waals surface area contributed by atoms with Crippen LogP contribution in [0.4, 0.5) is 5.69 Å². The van der Waals surface area contributed by atoms with E-state index < -0.39 is 5.97 Å². The van der Waals surface area contributed by atoms with Gasteiger partial charge in [-0.3, -0.25) is 4.79 Å². The Morgan fingerprint density at radius 1 is 1.36 bits per heavy atom. The second-order valence-electron chi connectivity index (χ2n) is 2.86. The first-order chi connectivity index (χ1) is 5.79. The first kappa shape index (κ1) is 13.1. The highest BCUT2D eigenvalue weighted by Crippen LogP contribution is 2.30. The lowest BCUT2D eigenvalue weighted by molar-refractivity contribution is -0.138. The molecular formula is C9H11Cl2NO2. The van der Waals surface area contributed by atoms with E-state index in [1.807, 2.05) is 24.3 Å². The molecule has 1 aromatic carbocycles. The second kappa shape index (κ2) is 5.08. The number of benzene rings is 1. The topological polar surface area (TPSA) is 49.3 Å². The minimum Gasteiger partial charge on any atom is -0.481 e. The van der Waals surface area contributed by atoms with Gasteiger partial charge in [0.2, 0.25) is 0 Å². The van der Waals surface area contributed by atoms with Gasteiger partial charge in [0.25, 0.3) is 0 Å². The SMILES string of the molecule is Cl.Cl.O=C(O)C1CNc2ccccc21. The van der Waals surface area contributed by atoms with Gasteiger partial charge >= 0.3 is 5.97 Å². The largest absolute Gasteiger partial charge is 0.481 e. The molecule has 0 fully saturated rings. The summed E-state index contributed by atoms with van der Waals surface area (Å²) in [6.07, 6.45) is 0. The Balaban J connectivity index is 0.000000845. The quantitative estimate of drug-likeness (QED) is 0.785. The molecule has 0 radical (unpaired) electrons. The molecule has 0 spiro atoms. The van der Waals surface area contributed by atoms with Crippen molar-refractivity contribution in [1.29, 1.82) is 0 Å². The smallest absolute Gasteiger partial charge is 0.312 e. The van der Waals surface area contributed by atoms with E-state index in [2.05, 4.69) is 5.32 Å². The molecule has 0 saturated carbocycles. The minimum atomic E-state index is -0.757. The van der Waals surface area contributed by atoms with Crippen molar-refractivity contribution in [3.8, 4) is 0 Å². The summed E-state index contributed by atoms with van der Waals surface area (Å²) in [5, 5.41) is 11.9. The second-order valence-corrected chi connectivity index (χ2v) is 2.86. The standard InChI is InChI=1S/C9H9NO2.2ClH/c11-9(12)7-5-10-8-4-2-1-3-6(7)8;;/h1-4,7,10H,5H2,(H,11,12);2*1H. The molecule has 0 saturated heterocycles. The third-order valence-corrected chi connectivity index (χ3v) is 2.13. The van der Waals surface area contributed by atoms with Crippen molar-refractivity contribution in [3.63, 3.8) is 0 Å². The maximum Gasteiger partial charge on any atom is 0.312 e. The molecule has 5 heteroatoms. The lowest BCUT2D eigenvalue weighted by Gasteiger charge is -2.01. The highest BCUT2D eigenvalue weighted by molar-refractivity contribution is 5.85. The monoisotopic (exact) mass is 235 g/mol. The van der Waals surface area contributed by atoms with E-state index in [1.54, 1.807) is 0 Å². The maximum atomic E-state index is 10.7. The fourth-order valence-electron chi connectivity index (χ4n) is 1.50. The van der Waals surface area contributed by atoms with Crippen LogP contribution in [-0.4, -0.2) is 17.6 Å². The fourth-order valence-corrected chi connectivity index (χ4v) is 1.50. The number of nitrogens with one attached hydrogen (secondary N) is 1. The Labute approximate surface area is 94.3 Å². The highest BCUT2D eigenvalue weighted by atomic mass is 35.5. The van der Waals surface area contributed by atoms with Crippen LogP contribution in [0.2, 0.25) is 0 Å². The van der Waals surface area contributed by atoms with Gasteiger partial charge in [0, 0.05) is 12.2 Å². The number of hydrogen-bond donors (Lipinski definition) is 2. The van der Waals surface area contributed by atoms with Crippen molar-refractivity contribution < 1.29 is 9.90 Å². The molecule has 0 aliphatic carbocycles. The molecule has 14 heavy (non-hydrogen) atoms. The lowest BCUT2D eigenvalue weighted by Crippen LogP contribution is -2.12. The van der Waals surface area contributed by atoms with Crippen molar-refractivity contribution >= 4 is 36.5 Å². The third-order valence-electron chi connectivity index (χ3n) is 2.13. The molecule has 1 aliphatic rings. The average Bonchev–Trinajstić information content (AvgIpc) is 2.47. The molecule has 1 aromatic rings. The maximum absolute atomic E-state index is 10.7. The fraction of sp³-hybridized carbons (Fsp3) is 0.222. The van der Waals surface area contributed by atoms with E-state index in [0.29, 0.717) is 6.54 Å². The Morgan fingerprint density at radius 3 is 2.64 bits per heavy atom. The van der Waals surface area contributed by atoms with Crippen molar-refractivity contribution in [2.24, 2.45) is 0 Å². The Bertz CT molecular complexity index is 330. The van der Waals surface area contributed by atoms with Crippen LogP contribution in [0.3, 0.4) is 0 Å². The van der Waals surface area contributed by atoms with Crippen molar-refractivity contribution in [2.75, 3.05) is 11.9 Å². The predicted molar refractivity (Wildman–Crippen MR) is 59.8 cm³/mol. The Hall–Kier alpha value is -0.930. The number of fused-ring (bicyclic) bond motifs is 1. The Morgan fingerprint density at radius 2 is 2.00 bits per heavy atom. The molecule has 2 rings (SSSR count). The van der Waals surface area contributed by atoms with Crippen LogP contribution in [0.1, 0.15) is 11.5 Å². The zero-order valence-electron chi connectivity index (χ0n) is 7.27. The van der Waals surface area contributed by atoms with Gasteiger partial charge in [-0.15, -0.1) is 24.8 Å². The number of para-hydroxylation sites is 1. The van der Waals surface area contributed by atoms with Gasteiger partial charge in [-0.1, -0.05) is 18.2 Å². The number of carboxylic acids is 1. The van der Waals surface area contributed by atoms with Gasteiger partial charge in [0.15, 0.2) is 0 Å². The number of aliphatic carboxylic acids is 1. The molecule has 3 nitrogen and oxygen atoms in total. The van der Waals surface area contributed by atoms with Crippen LogP contribution in [0.25, 0.3) is 0 Å². The number of hydrogen-bond acceptors (Lipinski definition) is 2. The summed E-state index contributed by atoms with van der Waals surface area (Å²) >= 11 is 0. The van der Waals surface area contributed by atoms with Gasteiger partial charge in [-0.2, -0.15) is 0 Å². The summed E-state index contributed by atoms with van der Waals surface area (Å²) in [5.74, 6) is -1.13. The van der Waals surface area contributed by atoms with E-state index in [1.165, 1.54) is 0 Å². The Kier molecular flexibility index (Phi) is 4.74. The molecule has 0 bridgehead atoms. The normalized spacial score (nSPS) is 17.0. The number of anilines is 1. The number of carboxylic acid groups (broad SMARTS) is 1. The number of carbonyl (C=O) groups is 1. The summed E-state index contributed by atoms with van der Waals surface area (Å²) in [6, 6.07) is 7.52. The zero-order chi connectivity index (χ0) is 8.55. The van der Waals surface area contributed by atoms with Crippen LogP contribution >= 0.6 is 24.8 Å². The van der Waals surface area contributed by atoms with Crippen molar-refractivity contribution in [1.82, 2.24) is 0 Å². The van der Waals surface area contributed by atoms with E-state index in [0.717, 1.165) is 11.3 Å². The first-order valence-corrected chi connectivity index (χ1v) is 3.84. The molecule has 1 aliphatic heterocycles. The lowest BCUT2D eigenvalue weighted by atomic mass is 10.0. The number of halogens is 2. The summed E-state index contributed by atoms with van der Waals surface area (Å²) < 4.78 is 0. The van der Waals surface area contributed by atoms with Crippen molar-refractivity contribution in [3.05, 3.63) is 29.8 Å². The zero-order valence-corrected chi connectivity index (χ0v) is 8.90. The molecular weight excluding hydrogens is 225 g/mol. The van der Waals surface area contributed by atoms with Crippen LogP contribution in [0.5, 0.6) is 0 Å². The van der Waals surface area contributed by atoms with Gasteiger partial charge in [-0.05, 0) is 11.6 Å². The van der Waals surface area contributed by atoms with E-state index >= 15 is 0 Å². The summed E-state index contributed by atoms with van der Waals surface area (Å²) in [7, 11) is 0. The van der Waals surface area contributed by atoms with E-state index in [4.69, 9.17) is 5.11 Å². The van der Waals surface area contributed by atoms with Gasteiger partial charge in [0.05, 0.1) is 0 Å². The highest BCUT2D eigenvalue weighted by Gasteiger charge is 2.27. The van der Waals surface area contributed by atoms with E-state index in [9.17, 15) is 4.79 Å². The predicted octanol–water partition coefficient (Wildman–Crippen LogP) is 2.12. The minimum absolute atomic E-state index is 0. The van der Waals surface area contributed by atoms with Crippen LogP contribution < -0.4 is 5.32 Å². The summed E-state index contributed by atoms with van der Waals surface area (Å²) in [4.78, 5) is 10.7. The molecule has 1 heterocycles. The van der Waals surface area contributed by atoms with Crippen LogP contribution in [0, 0.1) is 0 Å². The van der Waals surface area contributed by atoms with Crippen LogP contribution in [0.15, 0.2) is 24.3 Å². The van der Waals surface area contributed by atoms with Crippen LogP contribution in [-0.2, 0) is 4.79 Å². The number of rotatable bonds is 1. The summed E-state index contributed by atoms with van der Waals surface area (Å²) in [5.41, 5.74) is 1.84. The molecule has 0 aromatic heterocycles. The average molecular weight is 236 g/mol. The van der Waals surface area contributed by atoms with Gasteiger partial charge < -0.3 is 10.4 Å². The first-order valence-electron chi connectivity index (χ1n) is 3.84. The molecule has 78 valence electrons.